The Morgan fingerprint density at radius 2 is 1.52 bits per heavy atom. The summed E-state index contributed by atoms with van der Waals surface area (Å²) in [5.41, 5.74) is 6.59. The lowest BCUT2D eigenvalue weighted by Gasteiger charge is -2.07. The quantitative estimate of drug-likeness (QED) is 0.791. The molecule has 0 atom stereocenters. The minimum atomic E-state index is -0.930. The SMILES string of the molecule is NC(=O)Nc1ccc(NC(=O)CCc2ccc(F)c(F)c2)cc1. The second-order valence-electron chi connectivity index (χ2n) is 4.86. The summed E-state index contributed by atoms with van der Waals surface area (Å²) in [6.07, 6.45) is 0.427. The third kappa shape index (κ3) is 5.06. The summed E-state index contributed by atoms with van der Waals surface area (Å²) < 4.78 is 25.9. The predicted molar refractivity (Wildman–Crippen MR) is 83.0 cm³/mol. The van der Waals surface area contributed by atoms with Gasteiger partial charge in [0.15, 0.2) is 11.6 Å². The summed E-state index contributed by atoms with van der Waals surface area (Å²) >= 11 is 0. The lowest BCUT2D eigenvalue weighted by molar-refractivity contribution is -0.116. The summed E-state index contributed by atoms with van der Waals surface area (Å²) in [5, 5.41) is 5.07. The van der Waals surface area contributed by atoms with Gasteiger partial charge in [-0.1, -0.05) is 6.07 Å². The number of anilines is 2. The standard InChI is InChI=1S/C16H15F2N3O2/c17-13-7-1-10(9-14(13)18)2-8-15(22)20-11-3-5-12(6-4-11)21-16(19)23/h1,3-7,9H,2,8H2,(H,20,22)(H3,19,21,23). The van der Waals surface area contributed by atoms with E-state index in [-0.39, 0.29) is 12.3 Å². The van der Waals surface area contributed by atoms with E-state index in [1.54, 1.807) is 24.3 Å². The number of halogens is 2. The fraction of sp³-hybridized carbons (Fsp3) is 0.125. The van der Waals surface area contributed by atoms with Crippen LogP contribution in [0.15, 0.2) is 42.5 Å². The number of hydrogen-bond donors (Lipinski definition) is 3. The summed E-state index contributed by atoms with van der Waals surface area (Å²) in [6.45, 7) is 0. The summed E-state index contributed by atoms with van der Waals surface area (Å²) in [6, 6.07) is 9.29. The van der Waals surface area contributed by atoms with Crippen molar-refractivity contribution in [2.45, 2.75) is 12.8 Å². The Kier molecular flexibility index (Phi) is 5.24. The summed E-state index contributed by atoms with van der Waals surface area (Å²) in [5.74, 6) is -2.10. The van der Waals surface area contributed by atoms with Crippen LogP contribution in [-0.2, 0) is 11.2 Å². The van der Waals surface area contributed by atoms with Gasteiger partial charge in [0.25, 0.3) is 0 Å². The third-order valence-electron chi connectivity index (χ3n) is 3.06. The van der Waals surface area contributed by atoms with E-state index in [0.717, 1.165) is 12.1 Å². The van der Waals surface area contributed by atoms with E-state index in [1.165, 1.54) is 6.07 Å². The van der Waals surface area contributed by atoms with Gasteiger partial charge in [0, 0.05) is 17.8 Å². The number of primary amides is 1. The van der Waals surface area contributed by atoms with Crippen molar-refractivity contribution in [2.24, 2.45) is 5.73 Å². The van der Waals surface area contributed by atoms with Crippen LogP contribution in [0.2, 0.25) is 0 Å². The van der Waals surface area contributed by atoms with Crippen molar-refractivity contribution >= 4 is 23.3 Å². The molecule has 3 amide bonds. The van der Waals surface area contributed by atoms with Gasteiger partial charge in [-0.25, -0.2) is 13.6 Å². The van der Waals surface area contributed by atoms with Gasteiger partial charge in [-0.2, -0.15) is 0 Å². The third-order valence-corrected chi connectivity index (χ3v) is 3.06. The Bertz CT molecular complexity index is 718. The number of hydrogen-bond acceptors (Lipinski definition) is 2. The number of amides is 3. The molecule has 23 heavy (non-hydrogen) atoms. The average Bonchev–Trinajstić information content (AvgIpc) is 2.50. The highest BCUT2D eigenvalue weighted by Crippen LogP contribution is 2.14. The second kappa shape index (κ2) is 7.35. The highest BCUT2D eigenvalue weighted by atomic mass is 19.2. The fourth-order valence-electron chi connectivity index (χ4n) is 1.96. The topological polar surface area (TPSA) is 84.2 Å². The Morgan fingerprint density at radius 1 is 0.913 bits per heavy atom. The van der Waals surface area contributed by atoms with Gasteiger partial charge in [0.2, 0.25) is 5.91 Å². The maximum atomic E-state index is 13.1. The van der Waals surface area contributed by atoms with Crippen molar-refractivity contribution in [1.82, 2.24) is 0 Å². The van der Waals surface area contributed by atoms with Crippen molar-refractivity contribution in [3.05, 3.63) is 59.7 Å². The van der Waals surface area contributed by atoms with Crippen molar-refractivity contribution in [1.29, 1.82) is 0 Å². The van der Waals surface area contributed by atoms with Gasteiger partial charge in [0.05, 0.1) is 0 Å². The van der Waals surface area contributed by atoms with Crippen LogP contribution in [0.4, 0.5) is 25.0 Å². The molecule has 0 spiro atoms. The van der Waals surface area contributed by atoms with Crippen LogP contribution < -0.4 is 16.4 Å². The molecule has 7 heteroatoms. The largest absolute Gasteiger partial charge is 0.351 e. The number of carbonyl (C=O) groups is 2. The molecule has 0 aliphatic heterocycles. The second-order valence-corrected chi connectivity index (χ2v) is 4.86. The molecule has 2 aromatic rings. The van der Waals surface area contributed by atoms with Crippen LogP contribution in [0.3, 0.4) is 0 Å². The molecule has 0 aromatic heterocycles. The molecule has 2 rings (SSSR count). The highest BCUT2D eigenvalue weighted by molar-refractivity contribution is 5.92. The maximum Gasteiger partial charge on any atom is 0.316 e. The average molecular weight is 319 g/mol. The van der Waals surface area contributed by atoms with Gasteiger partial charge >= 0.3 is 6.03 Å². The zero-order valence-electron chi connectivity index (χ0n) is 12.1. The lowest BCUT2D eigenvalue weighted by atomic mass is 10.1. The molecule has 0 heterocycles. The summed E-state index contributed by atoms with van der Waals surface area (Å²) in [7, 11) is 0. The van der Waals surface area contributed by atoms with Crippen molar-refractivity contribution in [3.8, 4) is 0 Å². The van der Waals surface area contributed by atoms with E-state index in [1.807, 2.05) is 0 Å². The van der Waals surface area contributed by atoms with E-state index in [9.17, 15) is 18.4 Å². The first-order valence-electron chi connectivity index (χ1n) is 6.84. The first-order chi connectivity index (χ1) is 10.9. The number of nitrogens with one attached hydrogen (secondary N) is 2. The van der Waals surface area contributed by atoms with Crippen molar-refractivity contribution in [2.75, 3.05) is 10.6 Å². The highest BCUT2D eigenvalue weighted by Gasteiger charge is 2.06. The van der Waals surface area contributed by atoms with Crippen LogP contribution >= 0.6 is 0 Å². The lowest BCUT2D eigenvalue weighted by Crippen LogP contribution is -2.19. The number of carbonyl (C=O) groups excluding carboxylic acids is 2. The molecule has 0 unspecified atom stereocenters. The Balaban J connectivity index is 1.86. The maximum absolute atomic E-state index is 13.1. The van der Waals surface area contributed by atoms with Crippen LogP contribution in [0, 0.1) is 11.6 Å². The smallest absolute Gasteiger partial charge is 0.316 e. The minimum absolute atomic E-state index is 0.131. The van der Waals surface area contributed by atoms with E-state index in [2.05, 4.69) is 10.6 Å². The molecular formula is C16H15F2N3O2. The first-order valence-corrected chi connectivity index (χ1v) is 6.84. The summed E-state index contributed by atoms with van der Waals surface area (Å²) in [4.78, 5) is 22.5. The van der Waals surface area contributed by atoms with E-state index >= 15 is 0 Å². The van der Waals surface area contributed by atoms with E-state index in [0.29, 0.717) is 23.4 Å². The van der Waals surface area contributed by atoms with Gasteiger partial charge < -0.3 is 16.4 Å². The number of urea groups is 1. The number of aryl methyl sites for hydroxylation is 1. The molecule has 2 aromatic carbocycles. The Labute approximate surface area is 131 Å². The molecule has 0 radical (unpaired) electrons. The van der Waals surface area contributed by atoms with Crippen LogP contribution in [-0.4, -0.2) is 11.9 Å². The van der Waals surface area contributed by atoms with Crippen LogP contribution in [0.25, 0.3) is 0 Å². The molecule has 0 saturated carbocycles. The van der Waals surface area contributed by atoms with Gasteiger partial charge in [-0.15, -0.1) is 0 Å². The molecule has 5 nitrogen and oxygen atoms in total. The molecule has 120 valence electrons. The fourth-order valence-corrected chi connectivity index (χ4v) is 1.96. The molecule has 0 aliphatic carbocycles. The Hall–Kier alpha value is -2.96. The number of nitrogens with two attached hydrogens (primary N) is 1. The molecular weight excluding hydrogens is 304 g/mol. The zero-order valence-corrected chi connectivity index (χ0v) is 12.1. The molecule has 0 fully saturated rings. The van der Waals surface area contributed by atoms with Crippen LogP contribution in [0.1, 0.15) is 12.0 Å². The van der Waals surface area contributed by atoms with Crippen molar-refractivity contribution in [3.63, 3.8) is 0 Å². The minimum Gasteiger partial charge on any atom is -0.351 e. The molecule has 0 bridgehead atoms. The van der Waals surface area contributed by atoms with Gasteiger partial charge in [0.1, 0.15) is 0 Å². The number of benzene rings is 2. The first kappa shape index (κ1) is 16.4. The van der Waals surface area contributed by atoms with E-state index < -0.39 is 17.7 Å². The Morgan fingerprint density at radius 3 is 2.09 bits per heavy atom. The normalized spacial score (nSPS) is 10.2. The zero-order chi connectivity index (χ0) is 16.8. The molecule has 0 saturated heterocycles. The molecule has 0 aliphatic rings. The van der Waals surface area contributed by atoms with Gasteiger partial charge in [-0.3, -0.25) is 4.79 Å². The van der Waals surface area contributed by atoms with Crippen LogP contribution in [0.5, 0.6) is 0 Å². The van der Waals surface area contributed by atoms with Gasteiger partial charge in [-0.05, 0) is 48.4 Å². The monoisotopic (exact) mass is 319 g/mol. The molecule has 4 N–H and O–H groups in total. The van der Waals surface area contributed by atoms with Crippen molar-refractivity contribution < 1.29 is 18.4 Å². The van der Waals surface area contributed by atoms with E-state index in [4.69, 9.17) is 5.73 Å². The number of rotatable bonds is 5. The predicted octanol–water partition coefficient (Wildman–Crippen LogP) is 3.03.